The molecule has 0 atom stereocenters. The molecule has 0 saturated heterocycles. The minimum absolute atomic E-state index is 0.118. The molecule has 138 valence electrons. The summed E-state index contributed by atoms with van der Waals surface area (Å²) in [5.41, 5.74) is 1.30. The highest BCUT2D eigenvalue weighted by Crippen LogP contribution is 2.37. The maximum atomic E-state index is 13.5. The zero-order valence-electron chi connectivity index (χ0n) is 15.1. The Kier molecular flexibility index (Phi) is 3.40. The summed E-state index contributed by atoms with van der Waals surface area (Å²) in [7, 11) is 1.61. The minimum atomic E-state index is -0.312. The summed E-state index contributed by atoms with van der Waals surface area (Å²) in [4.78, 5) is 15.3. The molecule has 9 heteroatoms. The molecule has 27 heavy (non-hydrogen) atoms. The Labute approximate surface area is 157 Å². The first-order valence-electron chi connectivity index (χ1n) is 8.54. The third-order valence-corrected chi connectivity index (χ3v) is 6.04. The average molecular weight is 383 g/mol. The summed E-state index contributed by atoms with van der Waals surface area (Å²) >= 11 is 1.52. The summed E-state index contributed by atoms with van der Waals surface area (Å²) in [6, 6.07) is 7.28. The molecule has 0 N–H and O–H groups in total. The van der Waals surface area contributed by atoms with E-state index >= 15 is 0 Å². The Hall–Kier alpha value is -2.78. The van der Waals surface area contributed by atoms with Crippen LogP contribution in [0.25, 0.3) is 21.7 Å². The van der Waals surface area contributed by atoms with E-state index in [1.165, 1.54) is 11.3 Å². The van der Waals surface area contributed by atoms with Crippen LogP contribution >= 0.6 is 11.3 Å². The number of nitrogens with zero attached hydrogens (tertiary/aromatic N) is 5. The first-order chi connectivity index (χ1) is 13.0. The number of ether oxygens (including phenoxy) is 2. The quantitative estimate of drug-likeness (QED) is 0.528. The van der Waals surface area contributed by atoms with E-state index in [1.807, 2.05) is 38.1 Å². The molecule has 1 aliphatic rings. The molecule has 0 bridgehead atoms. The maximum Gasteiger partial charge on any atom is 0.268 e. The average Bonchev–Trinajstić information content (AvgIpc) is 3.26. The summed E-state index contributed by atoms with van der Waals surface area (Å²) in [5, 5.41) is 12.7. The third-order valence-electron chi connectivity index (χ3n) is 4.86. The van der Waals surface area contributed by atoms with Gasteiger partial charge in [-0.1, -0.05) is 5.10 Å². The highest BCUT2D eigenvalue weighted by Gasteiger charge is 2.32. The minimum Gasteiger partial charge on any atom is -0.497 e. The van der Waals surface area contributed by atoms with E-state index in [9.17, 15) is 4.79 Å². The van der Waals surface area contributed by atoms with Crippen molar-refractivity contribution in [2.45, 2.75) is 32.5 Å². The molecule has 0 aliphatic carbocycles. The van der Waals surface area contributed by atoms with E-state index in [2.05, 4.69) is 15.5 Å². The van der Waals surface area contributed by atoms with Gasteiger partial charge in [0.1, 0.15) is 10.6 Å². The SMILES string of the molecule is COc1ccc(-n2c(=O)c3c4c(sc3n3nnnc23)COC(C)(C)C4)cc1. The molecule has 3 aromatic heterocycles. The molecule has 4 heterocycles. The molecule has 0 fully saturated rings. The lowest BCUT2D eigenvalue weighted by Crippen LogP contribution is -2.32. The monoisotopic (exact) mass is 383 g/mol. The number of hydrogen-bond donors (Lipinski definition) is 0. The summed E-state index contributed by atoms with van der Waals surface area (Å²) in [6.45, 7) is 4.57. The fraction of sp³-hybridized carbons (Fsp3) is 0.333. The predicted octanol–water partition coefficient (Wildman–Crippen LogP) is 2.35. The van der Waals surface area contributed by atoms with Gasteiger partial charge in [0, 0.05) is 11.3 Å². The van der Waals surface area contributed by atoms with Crippen molar-refractivity contribution < 1.29 is 9.47 Å². The van der Waals surface area contributed by atoms with Gasteiger partial charge in [-0.25, -0.2) is 4.57 Å². The fourth-order valence-corrected chi connectivity index (χ4v) is 4.69. The number of thiophene rings is 1. The van der Waals surface area contributed by atoms with Crippen molar-refractivity contribution in [3.8, 4) is 11.4 Å². The van der Waals surface area contributed by atoms with E-state index in [4.69, 9.17) is 9.47 Å². The van der Waals surface area contributed by atoms with Gasteiger partial charge in [-0.3, -0.25) is 4.79 Å². The van der Waals surface area contributed by atoms with E-state index in [1.54, 1.807) is 16.2 Å². The highest BCUT2D eigenvalue weighted by molar-refractivity contribution is 7.18. The Morgan fingerprint density at radius 1 is 1.26 bits per heavy atom. The number of fused-ring (bicyclic) bond motifs is 5. The fourth-order valence-electron chi connectivity index (χ4n) is 3.53. The lowest BCUT2D eigenvalue weighted by atomic mass is 9.94. The normalized spacial score (nSPS) is 16.0. The van der Waals surface area contributed by atoms with Gasteiger partial charge < -0.3 is 9.47 Å². The van der Waals surface area contributed by atoms with Crippen LogP contribution in [0.2, 0.25) is 0 Å². The van der Waals surface area contributed by atoms with Gasteiger partial charge in [-0.2, -0.15) is 4.52 Å². The van der Waals surface area contributed by atoms with Gasteiger partial charge in [-0.15, -0.1) is 11.3 Å². The second kappa shape index (κ2) is 5.61. The molecule has 1 aromatic carbocycles. The molecule has 5 rings (SSSR count). The van der Waals surface area contributed by atoms with Gasteiger partial charge in [0.2, 0.25) is 0 Å². The van der Waals surface area contributed by atoms with E-state index < -0.39 is 0 Å². The van der Waals surface area contributed by atoms with Gasteiger partial charge in [0.05, 0.1) is 30.4 Å². The van der Waals surface area contributed by atoms with Crippen LogP contribution in [-0.4, -0.2) is 37.3 Å². The number of hydrogen-bond acceptors (Lipinski definition) is 7. The topological polar surface area (TPSA) is 83.5 Å². The van der Waals surface area contributed by atoms with Crippen molar-refractivity contribution in [2.75, 3.05) is 7.11 Å². The Morgan fingerprint density at radius 3 is 2.78 bits per heavy atom. The zero-order chi connectivity index (χ0) is 18.8. The van der Waals surface area contributed by atoms with E-state index in [0.717, 1.165) is 21.0 Å². The lowest BCUT2D eigenvalue weighted by Gasteiger charge is -2.29. The molecule has 4 aromatic rings. The number of benzene rings is 1. The van der Waals surface area contributed by atoms with Crippen LogP contribution in [0.3, 0.4) is 0 Å². The Balaban J connectivity index is 1.86. The van der Waals surface area contributed by atoms with Crippen molar-refractivity contribution >= 4 is 27.3 Å². The summed E-state index contributed by atoms with van der Waals surface area (Å²) in [6.07, 6.45) is 0.674. The standard InChI is InChI=1S/C18H17N5O3S/c1-18(2)8-12-13(9-26-18)27-16-14(12)15(24)22(17-19-20-21-23(16)17)10-4-6-11(25-3)7-5-10/h4-7H,8-9H2,1-3H3. The van der Waals surface area contributed by atoms with Crippen LogP contribution in [0.1, 0.15) is 24.3 Å². The van der Waals surface area contributed by atoms with Crippen molar-refractivity contribution in [1.82, 2.24) is 24.6 Å². The maximum absolute atomic E-state index is 13.5. The van der Waals surface area contributed by atoms with Gasteiger partial charge in [0.15, 0.2) is 0 Å². The van der Waals surface area contributed by atoms with Gasteiger partial charge >= 0.3 is 0 Å². The van der Waals surface area contributed by atoms with Crippen molar-refractivity contribution in [2.24, 2.45) is 0 Å². The number of tetrazole rings is 1. The summed E-state index contributed by atoms with van der Waals surface area (Å²) < 4.78 is 14.3. The molecule has 0 saturated carbocycles. The van der Waals surface area contributed by atoms with Crippen LogP contribution in [0.5, 0.6) is 5.75 Å². The summed E-state index contributed by atoms with van der Waals surface area (Å²) in [5.74, 6) is 1.10. The zero-order valence-corrected chi connectivity index (χ0v) is 15.9. The van der Waals surface area contributed by atoms with E-state index in [0.29, 0.717) is 29.9 Å². The molecule has 0 amide bonds. The number of methoxy groups -OCH3 is 1. The van der Waals surface area contributed by atoms with Crippen LogP contribution in [0, 0.1) is 0 Å². The smallest absolute Gasteiger partial charge is 0.268 e. The van der Waals surface area contributed by atoms with Crippen LogP contribution < -0.4 is 10.3 Å². The molecular weight excluding hydrogens is 366 g/mol. The van der Waals surface area contributed by atoms with Crippen molar-refractivity contribution in [1.29, 1.82) is 0 Å². The first kappa shape index (κ1) is 16.4. The molecule has 0 spiro atoms. The van der Waals surface area contributed by atoms with E-state index in [-0.39, 0.29) is 11.2 Å². The van der Waals surface area contributed by atoms with Crippen molar-refractivity contribution in [3.05, 3.63) is 45.1 Å². The Bertz CT molecular complexity index is 1240. The number of aromatic nitrogens is 5. The third kappa shape index (κ3) is 2.38. The molecule has 0 unspecified atom stereocenters. The Morgan fingerprint density at radius 2 is 2.04 bits per heavy atom. The molecule has 0 radical (unpaired) electrons. The lowest BCUT2D eigenvalue weighted by molar-refractivity contribution is -0.0379. The van der Waals surface area contributed by atoms with Crippen LogP contribution in [0.15, 0.2) is 29.1 Å². The molecule has 8 nitrogen and oxygen atoms in total. The second-order valence-corrected chi connectivity index (χ2v) is 8.22. The second-order valence-electron chi connectivity index (χ2n) is 7.14. The van der Waals surface area contributed by atoms with Crippen LogP contribution in [0.4, 0.5) is 0 Å². The largest absolute Gasteiger partial charge is 0.497 e. The van der Waals surface area contributed by atoms with Gasteiger partial charge in [-0.05, 0) is 54.1 Å². The highest BCUT2D eigenvalue weighted by atomic mass is 32.1. The van der Waals surface area contributed by atoms with Crippen molar-refractivity contribution in [3.63, 3.8) is 0 Å². The molecular formula is C18H17N5O3S. The number of rotatable bonds is 2. The molecule has 1 aliphatic heterocycles. The van der Waals surface area contributed by atoms with Gasteiger partial charge in [0.25, 0.3) is 11.3 Å². The van der Waals surface area contributed by atoms with Crippen LogP contribution in [-0.2, 0) is 17.8 Å². The first-order valence-corrected chi connectivity index (χ1v) is 9.36. The predicted molar refractivity (Wildman–Crippen MR) is 101 cm³/mol.